The van der Waals surface area contributed by atoms with Crippen molar-refractivity contribution in [3.8, 4) is 5.69 Å². The van der Waals surface area contributed by atoms with Gasteiger partial charge in [-0.3, -0.25) is 0 Å². The van der Waals surface area contributed by atoms with Gasteiger partial charge in [0.15, 0.2) is 0 Å². The van der Waals surface area contributed by atoms with Crippen molar-refractivity contribution in [3.63, 3.8) is 0 Å². The SMILES string of the molecule is [CH3][Sn]([CH3])([CH3])[c]1ccc2c(c1)c1c[c]([Sn]([CH3])([CH3])[CH3])ccc1n2-c1ccccc1. The summed E-state index contributed by atoms with van der Waals surface area (Å²) in [5.74, 6) is 0. The van der Waals surface area contributed by atoms with Crippen LogP contribution in [0.15, 0.2) is 66.7 Å². The molecule has 3 heteroatoms. The molecule has 1 heterocycles. The quantitative estimate of drug-likeness (QED) is 0.272. The molecule has 0 saturated heterocycles. The van der Waals surface area contributed by atoms with E-state index in [-0.39, 0.29) is 0 Å². The molecule has 0 fully saturated rings. The molecule has 1 nitrogen and oxygen atoms in total. The standard InChI is InChI=1S/C18H11N.6CH3.2Sn/c1-2-8-14(9-3-1)19-17-12-6-4-10-15(17)16-11-5-7-13-18(16)19;;;;;;;;/h1-3,6-13H;6*1H3;;. The second-order valence-electron chi connectivity index (χ2n) is 9.63. The Bertz CT molecular complexity index is 1060. The van der Waals surface area contributed by atoms with E-state index in [1.54, 1.807) is 7.16 Å². The molecule has 4 rings (SSSR count). The minimum atomic E-state index is -2.12. The van der Waals surface area contributed by atoms with Gasteiger partial charge in [0.25, 0.3) is 0 Å². The number of nitrogens with zero attached hydrogens (tertiary/aromatic N) is 1. The van der Waals surface area contributed by atoms with Gasteiger partial charge in [0, 0.05) is 0 Å². The molecule has 27 heavy (non-hydrogen) atoms. The predicted octanol–water partition coefficient (Wildman–Crippen LogP) is 5.87. The van der Waals surface area contributed by atoms with Gasteiger partial charge < -0.3 is 0 Å². The molecular weight excluding hydrogens is 540 g/mol. The third kappa shape index (κ3) is 3.57. The molecule has 0 radical (unpaired) electrons. The fraction of sp³-hybridized carbons (Fsp3) is 0.250. The van der Waals surface area contributed by atoms with Crippen LogP contribution in [0.4, 0.5) is 0 Å². The Hall–Kier alpha value is -0.943. The first-order valence-electron chi connectivity index (χ1n) is 9.81. The summed E-state index contributed by atoms with van der Waals surface area (Å²) in [6, 6.07) is 25.3. The molecule has 0 bridgehead atoms. The van der Waals surface area contributed by atoms with Gasteiger partial charge in [0.1, 0.15) is 0 Å². The van der Waals surface area contributed by atoms with Crippen LogP contribution in [0.5, 0.6) is 0 Å². The third-order valence-electron chi connectivity index (χ3n) is 5.51. The van der Waals surface area contributed by atoms with Gasteiger partial charge >= 0.3 is 172 Å². The van der Waals surface area contributed by atoms with Crippen LogP contribution < -0.4 is 7.16 Å². The fourth-order valence-corrected chi connectivity index (χ4v) is 10.4. The monoisotopic (exact) mass is 571 g/mol. The van der Waals surface area contributed by atoms with Crippen LogP contribution in [0, 0.1) is 0 Å². The molecule has 4 aromatic rings. The van der Waals surface area contributed by atoms with E-state index in [9.17, 15) is 0 Å². The summed E-state index contributed by atoms with van der Waals surface area (Å²) in [6.07, 6.45) is 0. The topological polar surface area (TPSA) is 4.93 Å². The Labute approximate surface area is 171 Å². The Morgan fingerprint density at radius 1 is 0.556 bits per heavy atom. The first-order chi connectivity index (χ1) is 12.7. The van der Waals surface area contributed by atoms with Crippen LogP contribution in [0.1, 0.15) is 0 Å². The number of hydrogen-bond donors (Lipinski definition) is 0. The zero-order valence-electron chi connectivity index (χ0n) is 17.3. The Morgan fingerprint density at radius 3 is 1.41 bits per heavy atom. The molecule has 0 spiro atoms. The summed E-state index contributed by atoms with van der Waals surface area (Å²) in [6.45, 7) is 0. The van der Waals surface area contributed by atoms with Gasteiger partial charge in [0.05, 0.1) is 0 Å². The van der Waals surface area contributed by atoms with Crippen LogP contribution in [0.25, 0.3) is 27.5 Å². The van der Waals surface area contributed by atoms with E-state index in [2.05, 4.69) is 101 Å². The first kappa shape index (κ1) is 19.4. The predicted molar refractivity (Wildman–Crippen MR) is 127 cm³/mol. The maximum atomic E-state index is 2.51. The summed E-state index contributed by atoms with van der Waals surface area (Å²) in [7, 11) is 0. The van der Waals surface area contributed by atoms with Crippen molar-refractivity contribution in [2.45, 2.75) is 29.6 Å². The molecule has 0 aliphatic carbocycles. The number of para-hydroxylation sites is 1. The van der Waals surface area contributed by atoms with E-state index in [0.717, 1.165) is 0 Å². The zero-order chi connectivity index (χ0) is 19.4. The van der Waals surface area contributed by atoms with Gasteiger partial charge in [-0.25, -0.2) is 0 Å². The summed E-state index contributed by atoms with van der Waals surface area (Å²) < 4.78 is 5.65. The van der Waals surface area contributed by atoms with Gasteiger partial charge in [-0.2, -0.15) is 0 Å². The summed E-state index contributed by atoms with van der Waals surface area (Å²) in [4.78, 5) is 15.0. The fourth-order valence-electron chi connectivity index (χ4n) is 3.81. The van der Waals surface area contributed by atoms with Gasteiger partial charge in [-0.1, -0.05) is 0 Å². The van der Waals surface area contributed by atoms with Crippen molar-refractivity contribution in [1.82, 2.24) is 4.57 Å². The van der Waals surface area contributed by atoms with Crippen LogP contribution in [0.2, 0.25) is 29.6 Å². The molecule has 0 aliphatic rings. The maximum absolute atomic E-state index is 2.51. The van der Waals surface area contributed by atoms with Gasteiger partial charge in [-0.15, -0.1) is 0 Å². The molecule has 0 unspecified atom stereocenters. The van der Waals surface area contributed by atoms with Crippen molar-refractivity contribution in [1.29, 1.82) is 0 Å². The van der Waals surface area contributed by atoms with E-state index >= 15 is 0 Å². The summed E-state index contributed by atoms with van der Waals surface area (Å²) >= 11 is -4.25. The average molecular weight is 569 g/mol. The second kappa shape index (κ2) is 6.84. The summed E-state index contributed by atoms with van der Waals surface area (Å²) in [5.41, 5.74) is 3.91. The van der Waals surface area contributed by atoms with Crippen LogP contribution in [-0.2, 0) is 0 Å². The van der Waals surface area contributed by atoms with Crippen LogP contribution in [0.3, 0.4) is 0 Å². The molecule has 0 aliphatic heterocycles. The van der Waals surface area contributed by atoms with Gasteiger partial charge in [-0.05, 0) is 0 Å². The van der Waals surface area contributed by atoms with E-state index in [1.807, 2.05) is 0 Å². The first-order valence-corrected chi connectivity index (χ1v) is 29.8. The second-order valence-corrected chi connectivity index (χ2v) is 38.6. The van der Waals surface area contributed by atoms with E-state index in [0.29, 0.717) is 0 Å². The molecule has 3 aromatic carbocycles. The number of fused-ring (bicyclic) bond motifs is 3. The van der Waals surface area contributed by atoms with Crippen molar-refractivity contribution in [2.75, 3.05) is 0 Å². The van der Waals surface area contributed by atoms with E-state index in [4.69, 9.17) is 0 Å². The Morgan fingerprint density at radius 2 is 1.00 bits per heavy atom. The number of rotatable bonds is 3. The number of hydrogen-bond acceptors (Lipinski definition) is 0. The molecular formula is C24H29NSn2. The average Bonchev–Trinajstić information content (AvgIpc) is 2.94. The van der Waals surface area contributed by atoms with Gasteiger partial charge in [0.2, 0.25) is 0 Å². The van der Waals surface area contributed by atoms with E-state index < -0.39 is 36.8 Å². The zero-order valence-corrected chi connectivity index (χ0v) is 23.0. The molecule has 0 N–H and O–H groups in total. The van der Waals surface area contributed by atoms with Crippen LogP contribution in [-0.4, -0.2) is 41.3 Å². The Kier molecular flexibility index (Phi) is 4.91. The molecule has 1 aromatic heterocycles. The van der Waals surface area contributed by atoms with Crippen LogP contribution >= 0.6 is 0 Å². The molecule has 0 atom stereocenters. The van der Waals surface area contributed by atoms with E-state index in [1.165, 1.54) is 27.5 Å². The minimum absolute atomic E-state index is 1.25. The Balaban J connectivity index is 2.13. The third-order valence-corrected chi connectivity index (χ3v) is 17.2. The molecule has 0 amide bonds. The molecule has 138 valence electrons. The van der Waals surface area contributed by atoms with Crippen molar-refractivity contribution in [3.05, 3.63) is 66.7 Å². The number of aromatic nitrogens is 1. The summed E-state index contributed by atoms with van der Waals surface area (Å²) in [5, 5.41) is 2.85. The molecule has 0 saturated carbocycles. The number of benzene rings is 3. The normalized spacial score (nSPS) is 12.8. The van der Waals surface area contributed by atoms with Crippen molar-refractivity contribution >= 4 is 65.7 Å². The van der Waals surface area contributed by atoms with Crippen molar-refractivity contribution in [2.24, 2.45) is 0 Å². The van der Waals surface area contributed by atoms with Crippen molar-refractivity contribution < 1.29 is 0 Å².